The summed E-state index contributed by atoms with van der Waals surface area (Å²) in [5, 5.41) is 18.0. The Bertz CT molecular complexity index is 499. The molecule has 1 aliphatic rings. The van der Waals surface area contributed by atoms with E-state index in [1.54, 1.807) is 0 Å². The number of hydrogen-bond donors (Lipinski definition) is 2. The Kier molecular flexibility index (Phi) is 5.08. The molecule has 0 aromatic rings. The molecule has 0 bridgehead atoms. The number of aliphatic carboxylic acids is 2. The van der Waals surface area contributed by atoms with Crippen molar-refractivity contribution in [1.82, 2.24) is 0 Å². The minimum absolute atomic E-state index is 0.0302. The van der Waals surface area contributed by atoms with Gasteiger partial charge in [0.2, 0.25) is 0 Å². The van der Waals surface area contributed by atoms with Crippen molar-refractivity contribution in [1.29, 1.82) is 0 Å². The monoisotopic (exact) mass is 276 g/mol. The minimum atomic E-state index is -0.936. The first kappa shape index (κ1) is 16.0. The number of carbonyl (C=O) groups is 2. The SMILES string of the molecule is C=C1CC(C(CCCC(=O)O)C(=O)O)C(=C)C(=C)C1=C. The van der Waals surface area contributed by atoms with Gasteiger partial charge >= 0.3 is 11.9 Å². The van der Waals surface area contributed by atoms with E-state index in [1.165, 1.54) is 0 Å². The third kappa shape index (κ3) is 3.47. The standard InChI is InChI=1S/C16H20O4/c1-9-8-14(12(4)11(3)10(9)2)13(16(19)20)6-5-7-15(17)18/h13-14H,1-8H2,(H,17,18)(H,19,20). The van der Waals surface area contributed by atoms with Crippen molar-refractivity contribution >= 4 is 11.9 Å². The summed E-state index contributed by atoms with van der Waals surface area (Å²) in [6, 6.07) is 0. The zero-order valence-electron chi connectivity index (χ0n) is 11.5. The maximum absolute atomic E-state index is 11.4. The molecule has 4 heteroatoms. The molecule has 2 unspecified atom stereocenters. The lowest BCUT2D eigenvalue weighted by Crippen LogP contribution is -2.29. The first-order chi connectivity index (χ1) is 9.25. The molecule has 0 spiro atoms. The second-order valence-electron chi connectivity index (χ2n) is 5.13. The van der Waals surface area contributed by atoms with Crippen LogP contribution in [0.25, 0.3) is 0 Å². The summed E-state index contributed by atoms with van der Waals surface area (Å²) in [5.41, 5.74) is 2.82. The second kappa shape index (κ2) is 6.37. The Morgan fingerprint density at radius 3 is 2.25 bits per heavy atom. The van der Waals surface area contributed by atoms with Gasteiger partial charge in [0.05, 0.1) is 5.92 Å². The predicted molar refractivity (Wildman–Crippen MR) is 77.3 cm³/mol. The summed E-state index contributed by atoms with van der Waals surface area (Å²) in [5.74, 6) is -2.80. The van der Waals surface area contributed by atoms with E-state index < -0.39 is 17.9 Å². The van der Waals surface area contributed by atoms with Gasteiger partial charge in [0.25, 0.3) is 0 Å². The predicted octanol–water partition coefficient (Wildman–Crippen LogP) is 3.19. The van der Waals surface area contributed by atoms with Crippen LogP contribution in [0.3, 0.4) is 0 Å². The topological polar surface area (TPSA) is 74.6 Å². The lowest BCUT2D eigenvalue weighted by Gasteiger charge is -2.33. The molecular formula is C16H20O4. The van der Waals surface area contributed by atoms with Crippen LogP contribution in [0.2, 0.25) is 0 Å². The van der Waals surface area contributed by atoms with E-state index in [1.807, 2.05) is 0 Å². The van der Waals surface area contributed by atoms with E-state index in [0.29, 0.717) is 30.4 Å². The van der Waals surface area contributed by atoms with E-state index in [2.05, 4.69) is 26.3 Å². The molecule has 0 heterocycles. The summed E-state index contributed by atoms with van der Waals surface area (Å²) >= 11 is 0. The van der Waals surface area contributed by atoms with Crippen molar-refractivity contribution in [2.24, 2.45) is 11.8 Å². The number of allylic oxidation sites excluding steroid dienone is 4. The fourth-order valence-corrected chi connectivity index (χ4v) is 2.50. The third-order valence-electron chi connectivity index (χ3n) is 3.80. The van der Waals surface area contributed by atoms with E-state index in [-0.39, 0.29) is 12.3 Å². The van der Waals surface area contributed by atoms with Crippen LogP contribution < -0.4 is 0 Å². The highest BCUT2D eigenvalue weighted by Gasteiger charge is 2.35. The molecule has 1 aliphatic carbocycles. The molecule has 2 atom stereocenters. The van der Waals surface area contributed by atoms with Crippen molar-refractivity contribution in [2.45, 2.75) is 25.7 Å². The highest BCUT2D eigenvalue weighted by Crippen LogP contribution is 2.42. The fraction of sp³-hybridized carbons (Fsp3) is 0.375. The minimum Gasteiger partial charge on any atom is -0.481 e. The maximum atomic E-state index is 11.4. The highest BCUT2D eigenvalue weighted by molar-refractivity contribution is 5.73. The molecule has 4 nitrogen and oxygen atoms in total. The molecule has 1 rings (SSSR count). The van der Waals surface area contributed by atoms with Crippen LogP contribution >= 0.6 is 0 Å². The highest BCUT2D eigenvalue weighted by atomic mass is 16.4. The van der Waals surface area contributed by atoms with Gasteiger partial charge in [-0.2, -0.15) is 0 Å². The first-order valence-corrected chi connectivity index (χ1v) is 6.45. The summed E-state index contributed by atoms with van der Waals surface area (Å²) in [6.45, 7) is 15.6. The zero-order valence-corrected chi connectivity index (χ0v) is 11.5. The molecule has 0 radical (unpaired) electrons. The summed E-state index contributed by atoms with van der Waals surface area (Å²) in [6.07, 6.45) is 1.09. The quantitative estimate of drug-likeness (QED) is 0.781. The molecule has 0 aromatic carbocycles. The van der Waals surface area contributed by atoms with Crippen LogP contribution in [-0.4, -0.2) is 22.2 Å². The summed E-state index contributed by atoms with van der Waals surface area (Å²) in [7, 11) is 0. The largest absolute Gasteiger partial charge is 0.481 e. The fourth-order valence-electron chi connectivity index (χ4n) is 2.50. The second-order valence-corrected chi connectivity index (χ2v) is 5.13. The van der Waals surface area contributed by atoms with Crippen LogP contribution in [0, 0.1) is 11.8 Å². The molecule has 0 aliphatic heterocycles. The molecule has 0 saturated heterocycles. The Hall–Kier alpha value is -2.10. The Morgan fingerprint density at radius 2 is 1.75 bits per heavy atom. The van der Waals surface area contributed by atoms with Gasteiger partial charge in [-0.25, -0.2) is 0 Å². The van der Waals surface area contributed by atoms with Crippen molar-refractivity contribution in [3.63, 3.8) is 0 Å². The Morgan fingerprint density at radius 1 is 1.15 bits per heavy atom. The molecule has 1 fully saturated rings. The number of hydrogen-bond acceptors (Lipinski definition) is 2. The zero-order chi connectivity index (χ0) is 15.4. The summed E-state index contributed by atoms with van der Waals surface area (Å²) in [4.78, 5) is 22.0. The van der Waals surface area contributed by atoms with Crippen molar-refractivity contribution in [2.75, 3.05) is 0 Å². The molecule has 0 amide bonds. The van der Waals surface area contributed by atoms with Gasteiger partial charge < -0.3 is 10.2 Å². The van der Waals surface area contributed by atoms with Crippen molar-refractivity contribution in [3.8, 4) is 0 Å². The molecule has 2 N–H and O–H groups in total. The van der Waals surface area contributed by atoms with E-state index in [9.17, 15) is 14.7 Å². The van der Waals surface area contributed by atoms with E-state index in [0.717, 1.165) is 11.1 Å². The molecule has 1 saturated carbocycles. The van der Waals surface area contributed by atoms with Gasteiger partial charge in [0.1, 0.15) is 0 Å². The van der Waals surface area contributed by atoms with E-state index in [4.69, 9.17) is 5.11 Å². The Labute approximate surface area is 118 Å². The van der Waals surface area contributed by atoms with Crippen molar-refractivity contribution < 1.29 is 19.8 Å². The normalized spacial score (nSPS) is 20.9. The average molecular weight is 276 g/mol. The lowest BCUT2D eigenvalue weighted by molar-refractivity contribution is -0.144. The smallest absolute Gasteiger partial charge is 0.307 e. The summed E-state index contributed by atoms with van der Waals surface area (Å²) < 4.78 is 0. The molecule has 20 heavy (non-hydrogen) atoms. The first-order valence-electron chi connectivity index (χ1n) is 6.45. The lowest BCUT2D eigenvalue weighted by atomic mass is 9.70. The van der Waals surface area contributed by atoms with Gasteiger partial charge in [0, 0.05) is 12.3 Å². The van der Waals surface area contributed by atoms with E-state index >= 15 is 0 Å². The van der Waals surface area contributed by atoms with Gasteiger partial charge in [0.15, 0.2) is 0 Å². The van der Waals surface area contributed by atoms with Gasteiger partial charge in [-0.15, -0.1) is 0 Å². The number of carboxylic acids is 2. The van der Waals surface area contributed by atoms with Crippen LogP contribution in [0.1, 0.15) is 25.7 Å². The van der Waals surface area contributed by atoms with Crippen LogP contribution in [0.4, 0.5) is 0 Å². The van der Waals surface area contributed by atoms with Gasteiger partial charge in [-0.3, -0.25) is 9.59 Å². The molecular weight excluding hydrogens is 256 g/mol. The number of rotatable bonds is 6. The van der Waals surface area contributed by atoms with Crippen LogP contribution in [0.15, 0.2) is 48.6 Å². The van der Waals surface area contributed by atoms with Crippen LogP contribution in [-0.2, 0) is 9.59 Å². The molecule has 0 aromatic heterocycles. The molecule has 108 valence electrons. The van der Waals surface area contributed by atoms with Crippen LogP contribution in [0.5, 0.6) is 0 Å². The Balaban J connectivity index is 2.86. The maximum Gasteiger partial charge on any atom is 0.307 e. The third-order valence-corrected chi connectivity index (χ3v) is 3.80. The number of carboxylic acid groups (broad SMARTS) is 2. The average Bonchev–Trinajstić information content (AvgIpc) is 2.36. The van der Waals surface area contributed by atoms with Gasteiger partial charge in [-0.05, 0) is 41.6 Å². The van der Waals surface area contributed by atoms with Crippen molar-refractivity contribution in [3.05, 3.63) is 48.6 Å². The van der Waals surface area contributed by atoms with Gasteiger partial charge in [-0.1, -0.05) is 26.3 Å².